The van der Waals surface area contributed by atoms with Crippen molar-refractivity contribution in [3.63, 3.8) is 0 Å². The van der Waals surface area contributed by atoms with Gasteiger partial charge in [0.05, 0.1) is 43.7 Å². The second-order valence-corrected chi connectivity index (χ2v) is 9.53. The van der Waals surface area contributed by atoms with Gasteiger partial charge in [-0.2, -0.15) is 5.26 Å². The molecule has 206 valence electrons. The molecule has 0 spiro atoms. The molecular weight excluding hydrogens is 508 g/mol. The summed E-state index contributed by atoms with van der Waals surface area (Å²) in [6.45, 7) is 3.02. The van der Waals surface area contributed by atoms with E-state index in [1.54, 1.807) is 20.4 Å². The van der Waals surface area contributed by atoms with Gasteiger partial charge >= 0.3 is 0 Å². The molecule has 1 aromatic heterocycles. The molecule has 0 amide bonds. The van der Waals surface area contributed by atoms with Crippen LogP contribution in [0.15, 0.2) is 66.9 Å². The summed E-state index contributed by atoms with van der Waals surface area (Å²) >= 11 is 0. The van der Waals surface area contributed by atoms with Crippen LogP contribution < -0.4 is 24.3 Å². The molecule has 4 aromatic rings. The minimum absolute atomic E-state index is 0.224. The highest BCUT2D eigenvalue weighted by atomic mass is 16.5. The SMILES string of the molecule is COc1cc2c(Nc3ccc(Oc4ccccc4OC)cc3)c(C#N)cnc2cc1OCCCN1CCC(O)C1. The number of aromatic nitrogens is 1. The van der Waals surface area contributed by atoms with Crippen molar-refractivity contribution in [3.8, 4) is 34.8 Å². The number of pyridine rings is 1. The number of ether oxygens (including phenoxy) is 4. The molecule has 9 heteroatoms. The fourth-order valence-corrected chi connectivity index (χ4v) is 4.76. The van der Waals surface area contributed by atoms with E-state index in [1.165, 1.54) is 0 Å². The Morgan fingerprint density at radius 3 is 2.50 bits per heavy atom. The van der Waals surface area contributed by atoms with Gasteiger partial charge in [-0.05, 0) is 55.3 Å². The Morgan fingerprint density at radius 2 is 1.80 bits per heavy atom. The number of methoxy groups -OCH3 is 2. The number of nitrogens with one attached hydrogen (secondary N) is 1. The summed E-state index contributed by atoms with van der Waals surface area (Å²) in [5.74, 6) is 3.08. The van der Waals surface area contributed by atoms with E-state index in [0.29, 0.717) is 52.1 Å². The lowest BCUT2D eigenvalue weighted by Crippen LogP contribution is -2.24. The van der Waals surface area contributed by atoms with Crippen LogP contribution >= 0.6 is 0 Å². The van der Waals surface area contributed by atoms with Crippen molar-refractivity contribution in [2.45, 2.75) is 18.9 Å². The third kappa shape index (κ3) is 6.20. The zero-order valence-corrected chi connectivity index (χ0v) is 22.6. The molecule has 2 N–H and O–H groups in total. The number of fused-ring (bicyclic) bond motifs is 1. The highest BCUT2D eigenvalue weighted by Crippen LogP contribution is 2.38. The fraction of sp³-hybridized carbons (Fsp3) is 0.290. The molecule has 1 fully saturated rings. The second-order valence-electron chi connectivity index (χ2n) is 9.53. The number of para-hydroxylation sites is 2. The predicted molar refractivity (Wildman–Crippen MR) is 153 cm³/mol. The summed E-state index contributed by atoms with van der Waals surface area (Å²) in [5.41, 5.74) is 2.49. The number of anilines is 2. The van der Waals surface area contributed by atoms with Gasteiger partial charge < -0.3 is 34.3 Å². The van der Waals surface area contributed by atoms with E-state index in [0.717, 1.165) is 43.5 Å². The first kappa shape index (κ1) is 27.1. The van der Waals surface area contributed by atoms with Crippen molar-refractivity contribution in [3.05, 3.63) is 72.4 Å². The van der Waals surface area contributed by atoms with E-state index in [2.05, 4.69) is 21.3 Å². The summed E-state index contributed by atoms with van der Waals surface area (Å²) in [6, 6.07) is 20.8. The van der Waals surface area contributed by atoms with Crippen LogP contribution in [-0.2, 0) is 0 Å². The molecule has 1 saturated heterocycles. The van der Waals surface area contributed by atoms with Crippen molar-refractivity contribution in [1.82, 2.24) is 9.88 Å². The Morgan fingerprint density at radius 1 is 1.02 bits per heavy atom. The Balaban J connectivity index is 1.33. The maximum atomic E-state index is 9.81. The van der Waals surface area contributed by atoms with E-state index >= 15 is 0 Å². The number of rotatable bonds is 11. The van der Waals surface area contributed by atoms with Gasteiger partial charge in [0.25, 0.3) is 0 Å². The largest absolute Gasteiger partial charge is 0.493 e. The lowest BCUT2D eigenvalue weighted by molar-refractivity contribution is 0.172. The minimum Gasteiger partial charge on any atom is -0.493 e. The van der Waals surface area contributed by atoms with Crippen molar-refractivity contribution >= 4 is 22.3 Å². The standard InChI is InChI=1S/C31H32N4O5/c1-37-27-6-3-4-7-28(27)40-24-10-8-22(9-11-24)34-31-21(18-32)19-33-26-17-30(29(38-2)16-25(26)31)39-15-5-13-35-14-12-23(36)20-35/h3-4,6-11,16-17,19,23,36H,5,12-15,20H2,1-2H3,(H,33,34). The number of β-amino-alcohol motifs (C(OH)–C–C–N with tert-alkyl or cyclic N) is 1. The molecule has 0 saturated carbocycles. The first-order valence-corrected chi connectivity index (χ1v) is 13.2. The minimum atomic E-state index is -0.224. The lowest BCUT2D eigenvalue weighted by Gasteiger charge is -2.17. The van der Waals surface area contributed by atoms with Crippen molar-refractivity contribution in [1.29, 1.82) is 5.26 Å². The average molecular weight is 541 g/mol. The quantitative estimate of drug-likeness (QED) is 0.239. The van der Waals surface area contributed by atoms with Crippen LogP contribution in [0.25, 0.3) is 10.9 Å². The number of aliphatic hydroxyl groups is 1. The highest BCUT2D eigenvalue weighted by molar-refractivity contribution is 5.97. The maximum Gasteiger partial charge on any atom is 0.169 e. The van der Waals surface area contributed by atoms with E-state index in [9.17, 15) is 10.4 Å². The van der Waals surface area contributed by atoms with E-state index < -0.39 is 0 Å². The number of benzene rings is 3. The number of aliphatic hydroxyl groups excluding tert-OH is 1. The van der Waals surface area contributed by atoms with E-state index in [1.807, 2.05) is 60.7 Å². The van der Waals surface area contributed by atoms with Gasteiger partial charge in [-0.3, -0.25) is 4.98 Å². The number of nitriles is 1. The fourth-order valence-electron chi connectivity index (χ4n) is 4.76. The van der Waals surface area contributed by atoms with E-state index in [-0.39, 0.29) is 6.10 Å². The number of hydrogen-bond donors (Lipinski definition) is 2. The van der Waals surface area contributed by atoms with Gasteiger partial charge in [-0.25, -0.2) is 0 Å². The van der Waals surface area contributed by atoms with Gasteiger partial charge in [-0.15, -0.1) is 0 Å². The Kier molecular flexibility index (Phi) is 8.50. The monoisotopic (exact) mass is 540 g/mol. The number of nitrogens with zero attached hydrogens (tertiary/aromatic N) is 3. The van der Waals surface area contributed by atoms with Gasteiger partial charge in [0.1, 0.15) is 11.8 Å². The predicted octanol–water partition coefficient (Wildman–Crippen LogP) is 5.50. The van der Waals surface area contributed by atoms with Gasteiger partial charge in [-0.1, -0.05) is 12.1 Å². The van der Waals surface area contributed by atoms with Crippen LogP contribution in [0, 0.1) is 11.3 Å². The van der Waals surface area contributed by atoms with E-state index in [4.69, 9.17) is 18.9 Å². The molecule has 0 aliphatic carbocycles. The first-order valence-electron chi connectivity index (χ1n) is 13.2. The molecule has 3 aromatic carbocycles. The van der Waals surface area contributed by atoms with Crippen LogP contribution in [0.2, 0.25) is 0 Å². The van der Waals surface area contributed by atoms with Crippen LogP contribution in [0.3, 0.4) is 0 Å². The molecule has 40 heavy (non-hydrogen) atoms. The third-order valence-corrected chi connectivity index (χ3v) is 6.82. The van der Waals surface area contributed by atoms with Gasteiger partial charge in [0.2, 0.25) is 0 Å². The molecule has 0 bridgehead atoms. The third-order valence-electron chi connectivity index (χ3n) is 6.82. The van der Waals surface area contributed by atoms with Crippen molar-refractivity contribution < 1.29 is 24.1 Å². The number of likely N-dealkylation sites (tertiary alicyclic amines) is 1. The van der Waals surface area contributed by atoms with Crippen molar-refractivity contribution in [2.24, 2.45) is 0 Å². The van der Waals surface area contributed by atoms with Crippen LogP contribution in [-0.4, -0.2) is 61.6 Å². The molecule has 0 radical (unpaired) electrons. The molecule has 1 aliphatic heterocycles. The Bertz CT molecular complexity index is 1500. The maximum absolute atomic E-state index is 9.81. The summed E-state index contributed by atoms with van der Waals surface area (Å²) in [7, 11) is 3.20. The molecular formula is C31H32N4O5. The zero-order chi connectivity index (χ0) is 27.9. The van der Waals surface area contributed by atoms with Crippen molar-refractivity contribution in [2.75, 3.05) is 45.8 Å². The topological polar surface area (TPSA) is 109 Å². The molecule has 9 nitrogen and oxygen atoms in total. The Hall–Kier alpha value is -4.52. The Labute approximate surface area is 233 Å². The van der Waals surface area contributed by atoms with Gasteiger partial charge in [0, 0.05) is 43.0 Å². The summed E-state index contributed by atoms with van der Waals surface area (Å²) in [6.07, 6.45) is 2.99. The smallest absolute Gasteiger partial charge is 0.169 e. The van der Waals surface area contributed by atoms with Gasteiger partial charge in [0.15, 0.2) is 23.0 Å². The zero-order valence-electron chi connectivity index (χ0n) is 22.6. The molecule has 5 rings (SSSR count). The van der Waals surface area contributed by atoms with Crippen LogP contribution in [0.4, 0.5) is 11.4 Å². The molecule has 1 aliphatic rings. The first-order chi connectivity index (χ1) is 19.6. The molecule has 2 heterocycles. The van der Waals surface area contributed by atoms with Crippen LogP contribution in [0.1, 0.15) is 18.4 Å². The second kappa shape index (κ2) is 12.6. The lowest BCUT2D eigenvalue weighted by atomic mass is 10.1. The molecule has 1 atom stereocenters. The summed E-state index contributed by atoms with van der Waals surface area (Å²) < 4.78 is 23.0. The highest BCUT2D eigenvalue weighted by Gasteiger charge is 2.19. The normalized spacial score (nSPS) is 15.0. The summed E-state index contributed by atoms with van der Waals surface area (Å²) in [5, 5.41) is 23.6. The average Bonchev–Trinajstić information content (AvgIpc) is 3.41. The number of hydrogen-bond acceptors (Lipinski definition) is 9. The molecule has 1 unspecified atom stereocenters. The van der Waals surface area contributed by atoms with Crippen LogP contribution in [0.5, 0.6) is 28.7 Å². The summed E-state index contributed by atoms with van der Waals surface area (Å²) in [4.78, 5) is 6.74.